The molecule has 0 saturated heterocycles. The molecule has 0 aliphatic rings. The fourth-order valence-electron chi connectivity index (χ4n) is 1.05. The second-order valence-corrected chi connectivity index (χ2v) is 2.96. The van der Waals surface area contributed by atoms with Crippen molar-refractivity contribution in [1.82, 2.24) is 5.32 Å². The molecule has 16 heavy (non-hydrogen) atoms. The number of nitrogen functional groups attached to an aromatic ring is 1. The first-order valence-electron chi connectivity index (χ1n) is 4.45. The number of halogens is 1. The molecule has 0 atom stereocenters. The Balaban J connectivity index is 2.74. The van der Waals surface area contributed by atoms with Gasteiger partial charge in [0.25, 0.3) is 5.91 Å². The molecular formula is C10H11FN2O3. The first-order valence-corrected chi connectivity index (χ1v) is 4.45. The summed E-state index contributed by atoms with van der Waals surface area (Å²) in [5.74, 6) is -1.89. The predicted molar refractivity (Wildman–Crippen MR) is 55.2 cm³/mol. The van der Waals surface area contributed by atoms with Crippen molar-refractivity contribution in [3.63, 3.8) is 0 Å². The normalized spacial score (nSPS) is 9.62. The first-order chi connectivity index (χ1) is 7.56. The van der Waals surface area contributed by atoms with E-state index in [2.05, 4.69) is 10.1 Å². The maximum atomic E-state index is 13.0. The van der Waals surface area contributed by atoms with Gasteiger partial charge in [-0.05, 0) is 12.1 Å². The SMILES string of the molecule is COC(=O)CNC(=O)c1cccc(F)c1N. The van der Waals surface area contributed by atoms with Gasteiger partial charge >= 0.3 is 5.97 Å². The minimum Gasteiger partial charge on any atom is -0.468 e. The molecule has 86 valence electrons. The van der Waals surface area contributed by atoms with E-state index < -0.39 is 17.7 Å². The van der Waals surface area contributed by atoms with Crippen molar-refractivity contribution in [3.8, 4) is 0 Å². The Labute approximate surface area is 91.4 Å². The number of methoxy groups -OCH3 is 1. The molecule has 0 aliphatic heterocycles. The molecule has 0 saturated carbocycles. The van der Waals surface area contributed by atoms with Gasteiger partial charge in [-0.3, -0.25) is 9.59 Å². The fraction of sp³-hybridized carbons (Fsp3) is 0.200. The Morgan fingerprint density at radius 1 is 1.50 bits per heavy atom. The standard InChI is InChI=1S/C10H11FN2O3/c1-16-8(14)5-13-10(15)6-3-2-4-7(11)9(6)12/h2-4H,5,12H2,1H3,(H,13,15). The van der Waals surface area contributed by atoms with E-state index in [9.17, 15) is 14.0 Å². The lowest BCUT2D eigenvalue weighted by molar-refractivity contribution is -0.139. The smallest absolute Gasteiger partial charge is 0.325 e. The Morgan fingerprint density at radius 3 is 2.81 bits per heavy atom. The third-order valence-electron chi connectivity index (χ3n) is 1.92. The molecule has 0 radical (unpaired) electrons. The molecule has 1 rings (SSSR count). The van der Waals surface area contributed by atoms with Gasteiger partial charge in [-0.1, -0.05) is 6.07 Å². The lowest BCUT2D eigenvalue weighted by Crippen LogP contribution is -2.30. The van der Waals surface area contributed by atoms with Crippen LogP contribution in [0.2, 0.25) is 0 Å². The highest BCUT2D eigenvalue weighted by Crippen LogP contribution is 2.15. The highest BCUT2D eigenvalue weighted by molar-refractivity contribution is 6.00. The van der Waals surface area contributed by atoms with Crippen LogP contribution < -0.4 is 11.1 Å². The van der Waals surface area contributed by atoms with Crippen LogP contribution in [0.25, 0.3) is 0 Å². The molecule has 1 aromatic carbocycles. The number of hydrogen-bond donors (Lipinski definition) is 2. The average molecular weight is 226 g/mol. The van der Waals surface area contributed by atoms with E-state index in [4.69, 9.17) is 5.73 Å². The summed E-state index contributed by atoms with van der Waals surface area (Å²) in [6.07, 6.45) is 0. The highest BCUT2D eigenvalue weighted by atomic mass is 19.1. The molecule has 0 spiro atoms. The predicted octanol–water partition coefficient (Wildman–Crippen LogP) is 0.311. The van der Waals surface area contributed by atoms with Crippen LogP contribution in [0.1, 0.15) is 10.4 Å². The number of esters is 1. The van der Waals surface area contributed by atoms with Crippen LogP contribution in [0.3, 0.4) is 0 Å². The largest absolute Gasteiger partial charge is 0.468 e. The summed E-state index contributed by atoms with van der Waals surface area (Å²) in [6, 6.07) is 3.87. The summed E-state index contributed by atoms with van der Waals surface area (Å²) in [5, 5.41) is 2.26. The minimum atomic E-state index is -0.675. The molecular weight excluding hydrogens is 215 g/mol. The molecule has 1 amide bonds. The van der Waals surface area contributed by atoms with E-state index in [-0.39, 0.29) is 17.8 Å². The van der Waals surface area contributed by atoms with Crippen molar-refractivity contribution < 1.29 is 18.7 Å². The molecule has 5 nitrogen and oxygen atoms in total. The Bertz CT molecular complexity index is 421. The van der Waals surface area contributed by atoms with Gasteiger partial charge in [-0.25, -0.2) is 4.39 Å². The van der Waals surface area contributed by atoms with Crippen molar-refractivity contribution in [3.05, 3.63) is 29.6 Å². The van der Waals surface area contributed by atoms with Gasteiger partial charge in [-0.2, -0.15) is 0 Å². The fourth-order valence-corrected chi connectivity index (χ4v) is 1.05. The molecule has 3 N–H and O–H groups in total. The van der Waals surface area contributed by atoms with E-state index >= 15 is 0 Å². The summed E-state index contributed by atoms with van der Waals surface area (Å²) in [6.45, 7) is -0.286. The monoisotopic (exact) mass is 226 g/mol. The Kier molecular flexibility index (Phi) is 3.82. The van der Waals surface area contributed by atoms with E-state index in [0.717, 1.165) is 6.07 Å². The Morgan fingerprint density at radius 2 is 2.19 bits per heavy atom. The van der Waals surface area contributed by atoms with Crippen molar-refractivity contribution in [1.29, 1.82) is 0 Å². The number of carbonyl (C=O) groups is 2. The van der Waals surface area contributed by atoms with Gasteiger partial charge in [0.15, 0.2) is 0 Å². The number of carbonyl (C=O) groups excluding carboxylic acids is 2. The van der Waals surface area contributed by atoms with Crippen molar-refractivity contribution in [2.45, 2.75) is 0 Å². The van der Waals surface area contributed by atoms with E-state index in [1.165, 1.54) is 19.2 Å². The second kappa shape index (κ2) is 5.11. The molecule has 0 aromatic heterocycles. The zero-order valence-corrected chi connectivity index (χ0v) is 8.62. The van der Waals surface area contributed by atoms with Crippen LogP contribution in [0.4, 0.5) is 10.1 Å². The summed E-state index contributed by atoms with van der Waals surface area (Å²) < 4.78 is 17.3. The third kappa shape index (κ3) is 2.69. The molecule has 0 bridgehead atoms. The number of nitrogens with two attached hydrogens (primary N) is 1. The van der Waals surface area contributed by atoms with E-state index in [1.54, 1.807) is 0 Å². The number of rotatable bonds is 3. The maximum Gasteiger partial charge on any atom is 0.325 e. The van der Waals surface area contributed by atoms with Gasteiger partial charge in [0.2, 0.25) is 0 Å². The van der Waals surface area contributed by atoms with Crippen molar-refractivity contribution in [2.75, 3.05) is 19.4 Å². The van der Waals surface area contributed by atoms with Crippen molar-refractivity contribution in [2.24, 2.45) is 0 Å². The first kappa shape index (κ1) is 12.0. The zero-order valence-electron chi connectivity index (χ0n) is 8.62. The second-order valence-electron chi connectivity index (χ2n) is 2.96. The number of para-hydroxylation sites is 1. The summed E-state index contributed by atoms with van der Waals surface area (Å²) >= 11 is 0. The Hall–Kier alpha value is -2.11. The van der Waals surface area contributed by atoms with Crippen LogP contribution in [0, 0.1) is 5.82 Å². The van der Waals surface area contributed by atoms with Gasteiger partial charge in [0.1, 0.15) is 12.4 Å². The highest BCUT2D eigenvalue weighted by Gasteiger charge is 2.13. The summed E-state index contributed by atoms with van der Waals surface area (Å²) in [7, 11) is 1.20. The number of amides is 1. The van der Waals surface area contributed by atoms with Gasteiger partial charge in [0, 0.05) is 0 Å². The van der Waals surface area contributed by atoms with Gasteiger partial charge in [0.05, 0.1) is 18.4 Å². The lowest BCUT2D eigenvalue weighted by atomic mass is 10.1. The molecule has 1 aromatic rings. The number of benzene rings is 1. The molecule has 0 heterocycles. The number of anilines is 1. The summed E-state index contributed by atoms with van der Waals surface area (Å²) in [4.78, 5) is 22.2. The molecule has 0 aliphatic carbocycles. The number of ether oxygens (including phenoxy) is 1. The van der Waals surface area contributed by atoms with E-state index in [1.807, 2.05) is 0 Å². The number of nitrogens with one attached hydrogen (secondary N) is 1. The van der Waals surface area contributed by atoms with Crippen LogP contribution in [-0.4, -0.2) is 25.5 Å². The number of hydrogen-bond acceptors (Lipinski definition) is 4. The quantitative estimate of drug-likeness (QED) is 0.574. The van der Waals surface area contributed by atoms with E-state index in [0.29, 0.717) is 0 Å². The maximum absolute atomic E-state index is 13.0. The van der Waals surface area contributed by atoms with Gasteiger partial charge in [-0.15, -0.1) is 0 Å². The molecule has 6 heteroatoms. The molecule has 0 unspecified atom stereocenters. The van der Waals surface area contributed by atoms with Crippen LogP contribution >= 0.6 is 0 Å². The zero-order chi connectivity index (χ0) is 12.1. The van der Waals surface area contributed by atoms with Crippen LogP contribution in [0.5, 0.6) is 0 Å². The van der Waals surface area contributed by atoms with Crippen LogP contribution in [-0.2, 0) is 9.53 Å². The van der Waals surface area contributed by atoms with Crippen molar-refractivity contribution >= 4 is 17.6 Å². The van der Waals surface area contributed by atoms with Gasteiger partial charge < -0.3 is 15.8 Å². The molecule has 0 fully saturated rings. The summed E-state index contributed by atoms with van der Waals surface area (Å²) in [5.41, 5.74) is 5.11. The average Bonchev–Trinajstić information content (AvgIpc) is 2.29. The van der Waals surface area contributed by atoms with Crippen LogP contribution in [0.15, 0.2) is 18.2 Å². The topological polar surface area (TPSA) is 81.4 Å². The lowest BCUT2D eigenvalue weighted by Gasteiger charge is -2.06. The third-order valence-corrected chi connectivity index (χ3v) is 1.92. The minimum absolute atomic E-state index is 0.0103.